The first-order chi connectivity index (χ1) is 11.3. The largest absolute Gasteiger partial charge is 0.488 e. The summed E-state index contributed by atoms with van der Waals surface area (Å²) in [4.78, 5) is 12.6. The van der Waals surface area contributed by atoms with Crippen molar-refractivity contribution in [1.82, 2.24) is 15.5 Å². The molecule has 1 aromatic carbocycles. The molecule has 23 heavy (non-hydrogen) atoms. The van der Waals surface area contributed by atoms with Crippen LogP contribution in [0.1, 0.15) is 54.6 Å². The van der Waals surface area contributed by atoms with E-state index in [1.54, 1.807) is 0 Å². The van der Waals surface area contributed by atoms with Gasteiger partial charge in [0.15, 0.2) is 0 Å². The minimum Gasteiger partial charge on any atom is -0.488 e. The highest BCUT2D eigenvalue weighted by Gasteiger charge is 2.27. The second-order valence-corrected chi connectivity index (χ2v) is 6.37. The van der Waals surface area contributed by atoms with Gasteiger partial charge in [-0.15, -0.1) is 0 Å². The van der Waals surface area contributed by atoms with Crippen molar-refractivity contribution < 1.29 is 9.53 Å². The van der Waals surface area contributed by atoms with Gasteiger partial charge in [-0.1, -0.05) is 37.8 Å². The summed E-state index contributed by atoms with van der Waals surface area (Å²) in [5.74, 6) is 0.760. The van der Waals surface area contributed by atoms with Crippen molar-refractivity contribution in [2.75, 3.05) is 0 Å². The predicted molar refractivity (Wildman–Crippen MR) is 87.3 cm³/mol. The first-order valence-electron chi connectivity index (χ1n) is 8.43. The number of amides is 1. The second-order valence-electron chi connectivity index (χ2n) is 6.37. The Hall–Kier alpha value is -2.30. The Morgan fingerprint density at radius 1 is 1.17 bits per heavy atom. The Kier molecular flexibility index (Phi) is 3.77. The molecule has 2 aliphatic rings. The summed E-state index contributed by atoms with van der Waals surface area (Å²) < 4.78 is 5.77. The Balaban J connectivity index is 1.57. The number of carbonyl (C=O) groups excluding carboxylic acids is 1. The summed E-state index contributed by atoms with van der Waals surface area (Å²) in [6.45, 7) is 0.385. The lowest BCUT2D eigenvalue weighted by Crippen LogP contribution is -2.35. The van der Waals surface area contributed by atoms with Crippen LogP contribution >= 0.6 is 0 Å². The van der Waals surface area contributed by atoms with E-state index in [9.17, 15) is 4.79 Å². The van der Waals surface area contributed by atoms with Gasteiger partial charge in [0, 0.05) is 17.2 Å². The van der Waals surface area contributed by atoms with E-state index in [2.05, 4.69) is 15.5 Å². The number of aromatic amines is 1. The van der Waals surface area contributed by atoms with Crippen molar-refractivity contribution in [1.29, 1.82) is 0 Å². The summed E-state index contributed by atoms with van der Waals surface area (Å²) in [6.07, 6.45) is 7.08. The Bertz CT molecular complexity index is 715. The number of nitrogens with zero attached hydrogens (tertiary/aromatic N) is 1. The standard InChI is InChI=1S/C18H21N3O2/c22-18(19-12-7-3-1-2-4-8-12)17-14-11-23-15-10-6-5-9-13(15)16(14)20-21-17/h5-6,9-10,12H,1-4,7-8,11H2,(H,19,22)(H,20,21). The molecule has 0 bridgehead atoms. The van der Waals surface area contributed by atoms with E-state index in [-0.39, 0.29) is 11.9 Å². The van der Waals surface area contributed by atoms with Crippen molar-refractivity contribution >= 4 is 5.91 Å². The minimum atomic E-state index is -0.0615. The van der Waals surface area contributed by atoms with Crippen LogP contribution in [-0.2, 0) is 6.61 Å². The summed E-state index contributed by atoms with van der Waals surface area (Å²) in [7, 11) is 0. The molecular formula is C18H21N3O2. The third kappa shape index (κ3) is 2.71. The lowest BCUT2D eigenvalue weighted by molar-refractivity contribution is 0.0925. The van der Waals surface area contributed by atoms with Gasteiger partial charge in [-0.05, 0) is 25.0 Å². The SMILES string of the molecule is O=C(NC1CCCCCC1)c1[nH]nc2c1COc1ccccc1-2. The summed E-state index contributed by atoms with van der Waals surface area (Å²) in [6, 6.07) is 8.08. The molecule has 0 spiro atoms. The predicted octanol–water partition coefficient (Wildman–Crippen LogP) is 3.42. The third-order valence-corrected chi connectivity index (χ3v) is 4.80. The number of benzene rings is 1. The average Bonchev–Trinajstić information content (AvgIpc) is 2.86. The highest BCUT2D eigenvalue weighted by molar-refractivity contribution is 5.96. The first-order valence-corrected chi connectivity index (χ1v) is 8.43. The van der Waals surface area contributed by atoms with Crippen molar-refractivity contribution in [2.45, 2.75) is 51.2 Å². The molecule has 2 heterocycles. The van der Waals surface area contributed by atoms with Gasteiger partial charge < -0.3 is 10.1 Å². The van der Waals surface area contributed by atoms with Gasteiger partial charge >= 0.3 is 0 Å². The lowest BCUT2D eigenvalue weighted by atomic mass is 10.0. The van der Waals surface area contributed by atoms with Gasteiger partial charge in [-0.25, -0.2) is 0 Å². The molecule has 1 aromatic heterocycles. The molecule has 0 unspecified atom stereocenters. The van der Waals surface area contributed by atoms with E-state index in [1.165, 1.54) is 25.7 Å². The highest BCUT2D eigenvalue weighted by atomic mass is 16.5. The number of rotatable bonds is 2. The van der Waals surface area contributed by atoms with Crippen LogP contribution in [0.4, 0.5) is 0 Å². The molecule has 1 amide bonds. The van der Waals surface area contributed by atoms with E-state index in [1.807, 2.05) is 24.3 Å². The molecule has 1 saturated carbocycles. The zero-order valence-corrected chi connectivity index (χ0v) is 13.1. The number of ether oxygens (including phenoxy) is 1. The summed E-state index contributed by atoms with van der Waals surface area (Å²) in [5, 5.41) is 10.5. The smallest absolute Gasteiger partial charge is 0.269 e. The number of hydrogen-bond donors (Lipinski definition) is 2. The maximum Gasteiger partial charge on any atom is 0.269 e. The molecule has 0 saturated heterocycles. The van der Waals surface area contributed by atoms with Crippen LogP contribution in [0.2, 0.25) is 0 Å². The molecule has 1 aliphatic carbocycles. The van der Waals surface area contributed by atoms with Crippen molar-refractivity contribution in [3.05, 3.63) is 35.5 Å². The zero-order valence-electron chi connectivity index (χ0n) is 13.1. The summed E-state index contributed by atoms with van der Waals surface area (Å²) >= 11 is 0. The van der Waals surface area contributed by atoms with Gasteiger partial charge in [0.05, 0.1) is 0 Å². The number of H-pyrrole nitrogens is 1. The zero-order chi connectivity index (χ0) is 15.6. The highest BCUT2D eigenvalue weighted by Crippen LogP contribution is 2.37. The Morgan fingerprint density at radius 2 is 1.96 bits per heavy atom. The molecule has 1 aliphatic heterocycles. The average molecular weight is 311 g/mol. The number of hydrogen-bond acceptors (Lipinski definition) is 3. The van der Waals surface area contributed by atoms with Crippen molar-refractivity contribution in [2.24, 2.45) is 0 Å². The molecule has 4 rings (SSSR count). The van der Waals surface area contributed by atoms with E-state index < -0.39 is 0 Å². The second kappa shape index (κ2) is 6.07. The van der Waals surface area contributed by atoms with Crippen LogP contribution < -0.4 is 10.1 Å². The molecule has 0 radical (unpaired) electrons. The molecule has 2 aromatic rings. The number of para-hydroxylation sites is 1. The number of carbonyl (C=O) groups is 1. The molecule has 0 atom stereocenters. The monoisotopic (exact) mass is 311 g/mol. The Labute approximate surface area is 135 Å². The van der Waals surface area contributed by atoms with Crippen LogP contribution in [0, 0.1) is 0 Å². The van der Waals surface area contributed by atoms with Gasteiger partial charge in [0.25, 0.3) is 5.91 Å². The molecule has 1 fully saturated rings. The first kappa shape index (κ1) is 14.3. The molecule has 5 nitrogen and oxygen atoms in total. The van der Waals surface area contributed by atoms with Crippen LogP contribution in [-0.4, -0.2) is 22.1 Å². The van der Waals surface area contributed by atoms with E-state index in [4.69, 9.17) is 4.74 Å². The minimum absolute atomic E-state index is 0.0615. The normalized spacial score (nSPS) is 17.6. The topological polar surface area (TPSA) is 67.0 Å². The molecular weight excluding hydrogens is 290 g/mol. The Morgan fingerprint density at radius 3 is 2.78 bits per heavy atom. The fraction of sp³-hybridized carbons (Fsp3) is 0.444. The van der Waals surface area contributed by atoms with E-state index in [0.717, 1.165) is 35.4 Å². The quantitative estimate of drug-likeness (QED) is 0.835. The fourth-order valence-electron chi connectivity index (χ4n) is 3.54. The van der Waals surface area contributed by atoms with E-state index in [0.29, 0.717) is 12.3 Å². The van der Waals surface area contributed by atoms with Crippen molar-refractivity contribution in [3.8, 4) is 17.0 Å². The number of aromatic nitrogens is 2. The van der Waals surface area contributed by atoms with E-state index >= 15 is 0 Å². The molecule has 2 N–H and O–H groups in total. The fourth-order valence-corrected chi connectivity index (χ4v) is 3.54. The van der Waals surface area contributed by atoms with Gasteiger partial charge in [0.2, 0.25) is 0 Å². The van der Waals surface area contributed by atoms with Gasteiger partial charge in [0.1, 0.15) is 23.7 Å². The number of nitrogens with one attached hydrogen (secondary N) is 2. The maximum atomic E-state index is 12.6. The lowest BCUT2D eigenvalue weighted by Gasteiger charge is -2.18. The van der Waals surface area contributed by atoms with Crippen molar-refractivity contribution in [3.63, 3.8) is 0 Å². The summed E-state index contributed by atoms with van der Waals surface area (Å²) in [5.41, 5.74) is 3.17. The van der Waals surface area contributed by atoms with Crippen LogP contribution in [0.15, 0.2) is 24.3 Å². The molecule has 120 valence electrons. The third-order valence-electron chi connectivity index (χ3n) is 4.80. The number of fused-ring (bicyclic) bond motifs is 3. The molecule has 5 heteroatoms. The van der Waals surface area contributed by atoms with Gasteiger partial charge in [-0.3, -0.25) is 9.89 Å². The van der Waals surface area contributed by atoms with Crippen LogP contribution in [0.5, 0.6) is 5.75 Å². The van der Waals surface area contributed by atoms with Crippen LogP contribution in [0.3, 0.4) is 0 Å². The maximum absolute atomic E-state index is 12.6. The van der Waals surface area contributed by atoms with Gasteiger partial charge in [-0.2, -0.15) is 5.10 Å². The van der Waals surface area contributed by atoms with Crippen LogP contribution in [0.25, 0.3) is 11.3 Å².